The van der Waals surface area contributed by atoms with Crippen LogP contribution in [0.2, 0.25) is 0 Å². The number of imide groups is 1. The van der Waals surface area contributed by atoms with Gasteiger partial charge >= 0.3 is 0 Å². The van der Waals surface area contributed by atoms with Gasteiger partial charge in [0.1, 0.15) is 5.76 Å². The summed E-state index contributed by atoms with van der Waals surface area (Å²) in [5.74, 6) is 2.42. The van der Waals surface area contributed by atoms with Gasteiger partial charge in [-0.3, -0.25) is 14.5 Å². The van der Waals surface area contributed by atoms with Crippen molar-refractivity contribution in [2.75, 3.05) is 0 Å². The third kappa shape index (κ3) is 1.18. The lowest BCUT2D eigenvalue weighted by Gasteiger charge is -2.37. The number of hydrogen-bond acceptors (Lipinski definition) is 3. The number of hydrogen-bond donors (Lipinski definition) is 0. The topological polar surface area (TPSA) is 50.5 Å². The van der Waals surface area contributed by atoms with Crippen LogP contribution in [0.5, 0.6) is 0 Å². The third-order valence-corrected chi connectivity index (χ3v) is 5.65. The summed E-state index contributed by atoms with van der Waals surface area (Å²) in [6.07, 6.45) is 7.17. The maximum atomic E-state index is 12.7. The second-order valence-corrected chi connectivity index (χ2v) is 6.50. The van der Waals surface area contributed by atoms with Crippen LogP contribution in [0.25, 0.3) is 0 Å². The Hall–Kier alpha value is -1.84. The number of nitrogens with zero attached hydrogens (tertiary/aromatic N) is 1. The van der Waals surface area contributed by atoms with E-state index in [0.717, 1.165) is 0 Å². The molecule has 5 aliphatic rings. The van der Waals surface area contributed by atoms with Crippen molar-refractivity contribution < 1.29 is 14.0 Å². The first-order valence-electron chi connectivity index (χ1n) is 7.31. The maximum Gasteiger partial charge on any atom is 0.234 e. The first-order chi connectivity index (χ1) is 9.75. The molecular formula is C16H15NO3. The van der Waals surface area contributed by atoms with Gasteiger partial charge in [-0.1, -0.05) is 12.2 Å². The minimum absolute atomic E-state index is 0.0149. The Morgan fingerprint density at radius 2 is 1.75 bits per heavy atom. The molecule has 3 fully saturated rings. The Kier molecular flexibility index (Phi) is 1.87. The first kappa shape index (κ1) is 10.9. The quantitative estimate of drug-likeness (QED) is 0.608. The highest BCUT2D eigenvalue weighted by Gasteiger charge is 2.66. The highest BCUT2D eigenvalue weighted by Crippen LogP contribution is 2.65. The Labute approximate surface area is 116 Å². The number of carbonyl (C=O) groups excluding carboxylic acids is 2. The van der Waals surface area contributed by atoms with E-state index in [1.807, 2.05) is 6.07 Å². The normalized spacial score (nSPS) is 43.9. The van der Waals surface area contributed by atoms with Crippen molar-refractivity contribution >= 4 is 11.8 Å². The van der Waals surface area contributed by atoms with Gasteiger partial charge in [0.2, 0.25) is 11.8 Å². The van der Waals surface area contributed by atoms with Crippen LogP contribution in [0.3, 0.4) is 0 Å². The highest BCUT2D eigenvalue weighted by atomic mass is 16.3. The van der Waals surface area contributed by atoms with E-state index < -0.39 is 0 Å². The van der Waals surface area contributed by atoms with Gasteiger partial charge < -0.3 is 4.42 Å². The van der Waals surface area contributed by atoms with E-state index in [-0.39, 0.29) is 30.2 Å². The van der Waals surface area contributed by atoms with Gasteiger partial charge in [-0.05, 0) is 42.2 Å². The Morgan fingerprint density at radius 1 is 1.10 bits per heavy atom. The van der Waals surface area contributed by atoms with E-state index >= 15 is 0 Å². The molecule has 1 saturated heterocycles. The summed E-state index contributed by atoms with van der Waals surface area (Å²) >= 11 is 0. The number of allylic oxidation sites excluding steroid dienone is 2. The number of likely N-dealkylation sites (tertiary alicyclic amines) is 1. The SMILES string of the molecule is O=C1[C@@H]2[C@H]3C=C[C@@H]([C@@H]4C[C@@H]34)[C@H]2C(=O)N1Cc1ccco1. The highest BCUT2D eigenvalue weighted by molar-refractivity contribution is 6.06. The molecule has 2 saturated carbocycles. The molecular weight excluding hydrogens is 254 g/mol. The summed E-state index contributed by atoms with van der Waals surface area (Å²) < 4.78 is 5.28. The fourth-order valence-corrected chi connectivity index (χ4v) is 4.73. The van der Waals surface area contributed by atoms with Gasteiger partial charge in [0.15, 0.2) is 0 Å². The third-order valence-electron chi connectivity index (χ3n) is 5.65. The van der Waals surface area contributed by atoms with Crippen LogP contribution in [0.4, 0.5) is 0 Å². The zero-order valence-electron chi connectivity index (χ0n) is 10.9. The molecule has 0 radical (unpaired) electrons. The van der Waals surface area contributed by atoms with Gasteiger partial charge in [0.05, 0.1) is 24.6 Å². The monoisotopic (exact) mass is 269 g/mol. The summed E-state index contributed by atoms with van der Waals surface area (Å²) in [4.78, 5) is 26.7. The summed E-state index contributed by atoms with van der Waals surface area (Å²) in [5.41, 5.74) is 0. The zero-order valence-corrected chi connectivity index (χ0v) is 10.9. The zero-order chi connectivity index (χ0) is 13.4. The van der Waals surface area contributed by atoms with Crippen LogP contribution in [-0.4, -0.2) is 16.7 Å². The van der Waals surface area contributed by atoms with Crippen molar-refractivity contribution in [1.82, 2.24) is 4.90 Å². The van der Waals surface area contributed by atoms with Crippen LogP contribution < -0.4 is 0 Å². The van der Waals surface area contributed by atoms with Gasteiger partial charge in [0, 0.05) is 0 Å². The van der Waals surface area contributed by atoms with Gasteiger partial charge in [-0.25, -0.2) is 0 Å². The molecule has 6 atom stereocenters. The molecule has 4 aliphatic carbocycles. The lowest BCUT2D eigenvalue weighted by molar-refractivity contribution is -0.141. The van der Waals surface area contributed by atoms with Crippen molar-refractivity contribution in [1.29, 1.82) is 0 Å². The van der Waals surface area contributed by atoms with Crippen LogP contribution in [0.1, 0.15) is 12.2 Å². The van der Waals surface area contributed by atoms with E-state index in [0.29, 0.717) is 29.4 Å². The molecule has 4 heteroatoms. The molecule has 1 aromatic heterocycles. The molecule has 1 aliphatic heterocycles. The van der Waals surface area contributed by atoms with Crippen LogP contribution in [0, 0.1) is 35.5 Å². The molecule has 2 bridgehead atoms. The minimum atomic E-state index is -0.101. The largest absolute Gasteiger partial charge is 0.467 e. The first-order valence-corrected chi connectivity index (χ1v) is 7.31. The molecule has 0 aromatic carbocycles. The van der Waals surface area contributed by atoms with Gasteiger partial charge in [0.25, 0.3) is 0 Å². The molecule has 0 N–H and O–H groups in total. The molecule has 102 valence electrons. The molecule has 0 spiro atoms. The lowest BCUT2D eigenvalue weighted by Crippen LogP contribution is -2.40. The van der Waals surface area contributed by atoms with Crippen molar-refractivity contribution in [3.8, 4) is 0 Å². The minimum Gasteiger partial charge on any atom is -0.467 e. The Balaban J connectivity index is 1.51. The van der Waals surface area contributed by atoms with E-state index in [2.05, 4.69) is 12.2 Å². The standard InChI is InChI=1S/C16H15NO3/c18-15-13-9-3-4-10(12-6-11(9)12)14(13)16(19)17(15)7-8-2-1-5-20-8/h1-5,9-14H,6-7H2/t9-,10-,11-,12-,13+,14+/m0/s1. The number of furan rings is 1. The summed E-state index contributed by atoms with van der Waals surface area (Å²) in [6.45, 7) is 0.284. The predicted octanol–water partition coefficient (Wildman–Crippen LogP) is 1.83. The van der Waals surface area contributed by atoms with Crippen molar-refractivity contribution in [3.63, 3.8) is 0 Å². The van der Waals surface area contributed by atoms with E-state index in [1.165, 1.54) is 11.3 Å². The smallest absolute Gasteiger partial charge is 0.234 e. The molecule has 1 aromatic rings. The molecule has 4 nitrogen and oxygen atoms in total. The van der Waals surface area contributed by atoms with Gasteiger partial charge in [-0.2, -0.15) is 0 Å². The average molecular weight is 269 g/mol. The average Bonchev–Trinajstić information content (AvgIpc) is 3.08. The second-order valence-electron chi connectivity index (χ2n) is 6.50. The van der Waals surface area contributed by atoms with Crippen molar-refractivity contribution in [3.05, 3.63) is 36.3 Å². The van der Waals surface area contributed by atoms with Crippen LogP contribution in [0.15, 0.2) is 35.0 Å². The predicted molar refractivity (Wildman–Crippen MR) is 69.0 cm³/mol. The van der Waals surface area contributed by atoms with Crippen molar-refractivity contribution in [2.24, 2.45) is 35.5 Å². The fraction of sp³-hybridized carbons (Fsp3) is 0.500. The van der Waals surface area contributed by atoms with Crippen molar-refractivity contribution in [2.45, 2.75) is 13.0 Å². The van der Waals surface area contributed by atoms with Crippen LogP contribution in [-0.2, 0) is 16.1 Å². The molecule has 2 amide bonds. The molecule has 0 unspecified atom stereocenters. The number of amides is 2. The fourth-order valence-electron chi connectivity index (χ4n) is 4.73. The molecule has 20 heavy (non-hydrogen) atoms. The maximum absolute atomic E-state index is 12.7. The Morgan fingerprint density at radius 3 is 2.30 bits per heavy atom. The van der Waals surface area contributed by atoms with E-state index in [4.69, 9.17) is 4.42 Å². The lowest BCUT2D eigenvalue weighted by atomic mass is 9.63. The second kappa shape index (κ2) is 3.43. The number of carbonyl (C=O) groups is 2. The van der Waals surface area contributed by atoms with Gasteiger partial charge in [-0.15, -0.1) is 0 Å². The van der Waals surface area contributed by atoms with Crippen LogP contribution >= 0.6 is 0 Å². The summed E-state index contributed by atoms with van der Waals surface area (Å²) in [5, 5.41) is 0. The summed E-state index contributed by atoms with van der Waals surface area (Å²) in [6, 6.07) is 3.60. The summed E-state index contributed by atoms with van der Waals surface area (Å²) in [7, 11) is 0. The molecule has 2 heterocycles. The van der Waals surface area contributed by atoms with E-state index in [1.54, 1.807) is 12.3 Å². The Bertz CT molecular complexity index is 596. The van der Waals surface area contributed by atoms with E-state index in [9.17, 15) is 9.59 Å². The number of rotatable bonds is 2. The molecule has 6 rings (SSSR count).